The normalized spacial score (nSPS) is 22.8. The molecule has 1 aliphatic heterocycles. The van der Waals surface area contributed by atoms with Gasteiger partial charge in [0.05, 0.1) is 0 Å². The molecule has 1 rings (SSSR count). The molecule has 1 fully saturated rings. The van der Waals surface area contributed by atoms with Crippen molar-refractivity contribution in [2.24, 2.45) is 11.7 Å². The van der Waals surface area contributed by atoms with E-state index in [9.17, 15) is 4.79 Å². The fraction of sp³-hybridized carbons (Fsp3) is 0.875. The molecule has 4 nitrogen and oxygen atoms in total. The highest BCUT2D eigenvalue weighted by atomic mass is 16.2. The molecule has 0 radical (unpaired) electrons. The predicted molar refractivity (Wildman–Crippen MR) is 47.8 cm³/mol. The van der Waals surface area contributed by atoms with Crippen LogP contribution in [0.25, 0.3) is 0 Å². The average molecular weight is 171 g/mol. The molecular weight excluding hydrogens is 154 g/mol. The molecule has 1 atom stereocenters. The quantitative estimate of drug-likeness (QED) is 0.614. The van der Waals surface area contributed by atoms with Gasteiger partial charge >= 0.3 is 6.03 Å². The summed E-state index contributed by atoms with van der Waals surface area (Å²) in [5.41, 5.74) is 5.27. The van der Waals surface area contributed by atoms with Crippen LogP contribution in [0.1, 0.15) is 13.3 Å². The summed E-state index contributed by atoms with van der Waals surface area (Å²) in [6.45, 7) is 5.02. The van der Waals surface area contributed by atoms with Gasteiger partial charge in [-0.25, -0.2) is 4.79 Å². The Kier molecular flexibility index (Phi) is 3.34. The molecule has 1 unspecified atom stereocenters. The van der Waals surface area contributed by atoms with Crippen LogP contribution in [0, 0.1) is 5.92 Å². The molecule has 0 aromatic carbocycles. The van der Waals surface area contributed by atoms with E-state index in [0.717, 1.165) is 19.5 Å². The number of carbonyl (C=O) groups excluding carboxylic acids is 1. The summed E-state index contributed by atoms with van der Waals surface area (Å²) < 4.78 is 0. The van der Waals surface area contributed by atoms with Crippen molar-refractivity contribution in [3.8, 4) is 0 Å². The number of hydrogen-bond acceptors (Lipinski definition) is 2. The lowest BCUT2D eigenvalue weighted by molar-refractivity contribution is 0.208. The lowest BCUT2D eigenvalue weighted by Gasteiger charge is -2.16. The second-order valence-electron chi connectivity index (χ2n) is 3.36. The third kappa shape index (κ3) is 2.37. The van der Waals surface area contributed by atoms with Gasteiger partial charge in [-0.15, -0.1) is 0 Å². The van der Waals surface area contributed by atoms with Crippen molar-refractivity contribution < 1.29 is 4.79 Å². The Morgan fingerprint density at radius 1 is 1.75 bits per heavy atom. The van der Waals surface area contributed by atoms with E-state index in [2.05, 4.69) is 12.2 Å². The Morgan fingerprint density at radius 2 is 2.50 bits per heavy atom. The largest absolute Gasteiger partial charge is 0.337 e. The minimum atomic E-state index is 0.0322. The standard InChI is InChI=1S/C8H17N3O/c1-7-2-5-11(6-7)8(12)10-4-3-9/h7H,2-6,9H2,1H3,(H,10,12). The van der Waals surface area contributed by atoms with Crippen LogP contribution in [0.15, 0.2) is 0 Å². The first-order valence-electron chi connectivity index (χ1n) is 4.47. The summed E-state index contributed by atoms with van der Waals surface area (Å²) in [4.78, 5) is 13.2. The van der Waals surface area contributed by atoms with Gasteiger partial charge in [-0.05, 0) is 12.3 Å². The minimum absolute atomic E-state index is 0.0322. The molecule has 0 aliphatic carbocycles. The van der Waals surface area contributed by atoms with Crippen LogP contribution in [0.3, 0.4) is 0 Å². The number of carbonyl (C=O) groups is 1. The van der Waals surface area contributed by atoms with Crippen molar-refractivity contribution in [1.29, 1.82) is 0 Å². The number of amides is 2. The van der Waals surface area contributed by atoms with Gasteiger partial charge in [0.15, 0.2) is 0 Å². The average Bonchev–Trinajstić information content (AvgIpc) is 2.47. The van der Waals surface area contributed by atoms with Crippen LogP contribution < -0.4 is 11.1 Å². The van der Waals surface area contributed by atoms with E-state index in [0.29, 0.717) is 19.0 Å². The molecule has 1 heterocycles. The SMILES string of the molecule is CC1CCN(C(=O)NCCN)C1. The number of rotatable bonds is 2. The number of nitrogens with one attached hydrogen (secondary N) is 1. The van der Waals surface area contributed by atoms with Gasteiger partial charge in [0.1, 0.15) is 0 Å². The van der Waals surface area contributed by atoms with Gasteiger partial charge in [-0.3, -0.25) is 0 Å². The zero-order valence-corrected chi connectivity index (χ0v) is 7.55. The molecule has 0 saturated carbocycles. The van der Waals surface area contributed by atoms with E-state index >= 15 is 0 Å². The number of nitrogens with two attached hydrogens (primary N) is 1. The lowest BCUT2D eigenvalue weighted by Crippen LogP contribution is -2.40. The fourth-order valence-corrected chi connectivity index (χ4v) is 1.41. The van der Waals surface area contributed by atoms with Crippen molar-refractivity contribution in [3.05, 3.63) is 0 Å². The predicted octanol–water partition coefficient (Wildman–Crippen LogP) is -0.00350. The summed E-state index contributed by atoms with van der Waals surface area (Å²) in [5, 5.41) is 2.76. The number of nitrogens with zero attached hydrogens (tertiary/aromatic N) is 1. The fourth-order valence-electron chi connectivity index (χ4n) is 1.41. The molecule has 0 aromatic rings. The number of urea groups is 1. The Balaban J connectivity index is 2.23. The molecule has 3 N–H and O–H groups in total. The molecule has 1 aliphatic rings. The molecule has 70 valence electrons. The van der Waals surface area contributed by atoms with Crippen LogP contribution in [-0.4, -0.2) is 37.1 Å². The minimum Gasteiger partial charge on any atom is -0.337 e. The van der Waals surface area contributed by atoms with E-state index in [4.69, 9.17) is 5.73 Å². The van der Waals surface area contributed by atoms with Gasteiger partial charge in [0, 0.05) is 26.2 Å². The highest BCUT2D eigenvalue weighted by molar-refractivity contribution is 5.74. The van der Waals surface area contributed by atoms with Crippen LogP contribution >= 0.6 is 0 Å². The maximum absolute atomic E-state index is 11.3. The Bertz CT molecular complexity index is 160. The van der Waals surface area contributed by atoms with E-state index in [1.807, 2.05) is 4.90 Å². The summed E-state index contributed by atoms with van der Waals surface area (Å²) >= 11 is 0. The maximum atomic E-state index is 11.3. The third-order valence-electron chi connectivity index (χ3n) is 2.13. The first-order chi connectivity index (χ1) is 5.74. The van der Waals surface area contributed by atoms with Gasteiger partial charge in [0.25, 0.3) is 0 Å². The van der Waals surface area contributed by atoms with Crippen molar-refractivity contribution >= 4 is 6.03 Å². The molecule has 4 heteroatoms. The summed E-state index contributed by atoms with van der Waals surface area (Å²) in [6.07, 6.45) is 1.12. The van der Waals surface area contributed by atoms with E-state index in [1.165, 1.54) is 0 Å². The highest BCUT2D eigenvalue weighted by Gasteiger charge is 2.22. The number of hydrogen-bond donors (Lipinski definition) is 2. The summed E-state index contributed by atoms with van der Waals surface area (Å²) in [7, 11) is 0. The Labute approximate surface area is 73.1 Å². The molecular formula is C8H17N3O. The zero-order chi connectivity index (χ0) is 8.97. The smallest absolute Gasteiger partial charge is 0.317 e. The lowest BCUT2D eigenvalue weighted by atomic mass is 10.2. The molecule has 0 bridgehead atoms. The molecule has 12 heavy (non-hydrogen) atoms. The Hall–Kier alpha value is -0.770. The van der Waals surface area contributed by atoms with Gasteiger partial charge in [-0.2, -0.15) is 0 Å². The first-order valence-corrected chi connectivity index (χ1v) is 4.47. The van der Waals surface area contributed by atoms with Crippen LogP contribution in [0.5, 0.6) is 0 Å². The first kappa shape index (κ1) is 9.32. The topological polar surface area (TPSA) is 58.4 Å². The highest BCUT2D eigenvalue weighted by Crippen LogP contribution is 2.14. The monoisotopic (exact) mass is 171 g/mol. The third-order valence-corrected chi connectivity index (χ3v) is 2.13. The summed E-state index contributed by atoms with van der Waals surface area (Å²) in [5.74, 6) is 0.647. The van der Waals surface area contributed by atoms with E-state index < -0.39 is 0 Å². The molecule has 0 aromatic heterocycles. The van der Waals surface area contributed by atoms with Crippen LogP contribution in [0.4, 0.5) is 4.79 Å². The van der Waals surface area contributed by atoms with Gasteiger partial charge in [-0.1, -0.05) is 6.92 Å². The second-order valence-corrected chi connectivity index (χ2v) is 3.36. The number of likely N-dealkylation sites (tertiary alicyclic amines) is 1. The van der Waals surface area contributed by atoms with Crippen LogP contribution in [-0.2, 0) is 0 Å². The maximum Gasteiger partial charge on any atom is 0.317 e. The van der Waals surface area contributed by atoms with Crippen molar-refractivity contribution in [1.82, 2.24) is 10.2 Å². The van der Waals surface area contributed by atoms with Crippen LogP contribution in [0.2, 0.25) is 0 Å². The van der Waals surface area contributed by atoms with E-state index in [-0.39, 0.29) is 6.03 Å². The Morgan fingerprint density at radius 3 is 3.00 bits per heavy atom. The summed E-state index contributed by atoms with van der Waals surface area (Å²) in [6, 6.07) is 0.0322. The van der Waals surface area contributed by atoms with Crippen molar-refractivity contribution in [2.75, 3.05) is 26.2 Å². The molecule has 2 amide bonds. The van der Waals surface area contributed by atoms with Crippen molar-refractivity contribution in [2.45, 2.75) is 13.3 Å². The van der Waals surface area contributed by atoms with Gasteiger partial charge in [0.2, 0.25) is 0 Å². The molecule has 1 saturated heterocycles. The molecule has 0 spiro atoms. The second kappa shape index (κ2) is 4.30. The van der Waals surface area contributed by atoms with E-state index in [1.54, 1.807) is 0 Å². The van der Waals surface area contributed by atoms with Gasteiger partial charge < -0.3 is 16.0 Å². The zero-order valence-electron chi connectivity index (χ0n) is 7.55. The van der Waals surface area contributed by atoms with Crippen molar-refractivity contribution in [3.63, 3.8) is 0 Å².